The van der Waals surface area contributed by atoms with Gasteiger partial charge in [-0.25, -0.2) is 0 Å². The molecular weight excluding hydrogens is 367 g/mol. The number of β-lactam (4-membered cyclic amide) rings is 1. The summed E-state index contributed by atoms with van der Waals surface area (Å²) in [7, 11) is 1.21. The number of rotatable bonds is 6. The summed E-state index contributed by atoms with van der Waals surface area (Å²) in [5.74, 6) is -2.91. The second-order valence-electron chi connectivity index (χ2n) is 5.89. The molecular formula is C17H17N2NaO7. The van der Waals surface area contributed by atoms with Crippen LogP contribution in [0.5, 0.6) is 0 Å². The minimum absolute atomic E-state index is 0. The zero-order valence-electron chi connectivity index (χ0n) is 14.9. The Morgan fingerprint density at radius 3 is 2.63 bits per heavy atom. The Morgan fingerprint density at radius 2 is 2.07 bits per heavy atom. The fourth-order valence-electron chi connectivity index (χ4n) is 3.09. The molecule has 1 aromatic carbocycles. The molecule has 1 saturated heterocycles. The van der Waals surface area contributed by atoms with Crippen LogP contribution in [0.3, 0.4) is 0 Å². The summed E-state index contributed by atoms with van der Waals surface area (Å²) in [5, 5.41) is 23.1. The molecule has 0 unspecified atom stereocenters. The summed E-state index contributed by atoms with van der Waals surface area (Å²) in [6.45, 7) is -0.825. The SMILES string of the molecule is CO[C@@]1(NC(=O)Cc2ccccc2)C(=O)N2C(C(=O)[O-])=C(CO)CO[C@@H]21.[Na+]. The first-order valence-corrected chi connectivity index (χ1v) is 7.84. The molecule has 0 saturated carbocycles. The van der Waals surface area contributed by atoms with Crippen LogP contribution in [0.4, 0.5) is 0 Å². The molecule has 0 bridgehead atoms. The average molecular weight is 384 g/mol. The summed E-state index contributed by atoms with van der Waals surface area (Å²) >= 11 is 0. The molecule has 2 aliphatic heterocycles. The van der Waals surface area contributed by atoms with Crippen molar-refractivity contribution in [3.8, 4) is 0 Å². The number of carboxylic acid groups (broad SMARTS) is 1. The number of ether oxygens (including phenoxy) is 2. The molecule has 2 N–H and O–H groups in total. The fourth-order valence-corrected chi connectivity index (χ4v) is 3.09. The maximum Gasteiger partial charge on any atom is 1.00 e. The first-order valence-electron chi connectivity index (χ1n) is 7.84. The molecule has 3 rings (SSSR count). The maximum atomic E-state index is 12.6. The van der Waals surface area contributed by atoms with Gasteiger partial charge in [0.1, 0.15) is 0 Å². The van der Waals surface area contributed by atoms with Gasteiger partial charge < -0.3 is 29.8 Å². The van der Waals surface area contributed by atoms with Crippen molar-refractivity contribution in [2.75, 3.05) is 20.3 Å². The van der Waals surface area contributed by atoms with Gasteiger partial charge in [-0.15, -0.1) is 0 Å². The van der Waals surface area contributed by atoms with E-state index in [0.29, 0.717) is 0 Å². The van der Waals surface area contributed by atoms with Crippen LogP contribution >= 0.6 is 0 Å². The summed E-state index contributed by atoms with van der Waals surface area (Å²) in [6, 6.07) is 8.89. The Kier molecular flexibility index (Phi) is 6.79. The number of aliphatic carboxylic acids is 1. The van der Waals surface area contributed by atoms with Crippen LogP contribution in [-0.2, 0) is 30.3 Å². The van der Waals surface area contributed by atoms with Crippen LogP contribution < -0.4 is 40.0 Å². The summed E-state index contributed by atoms with van der Waals surface area (Å²) in [4.78, 5) is 37.1. The van der Waals surface area contributed by atoms with Gasteiger partial charge in [-0.3, -0.25) is 14.5 Å². The van der Waals surface area contributed by atoms with E-state index in [0.717, 1.165) is 10.5 Å². The van der Waals surface area contributed by atoms with E-state index < -0.39 is 42.0 Å². The van der Waals surface area contributed by atoms with Crippen molar-refractivity contribution in [2.45, 2.75) is 18.4 Å². The quantitative estimate of drug-likeness (QED) is 0.285. The zero-order chi connectivity index (χ0) is 18.9. The first-order chi connectivity index (χ1) is 12.4. The molecule has 10 heteroatoms. The molecule has 138 valence electrons. The Balaban J connectivity index is 0.00000261. The Morgan fingerprint density at radius 1 is 1.41 bits per heavy atom. The molecule has 0 spiro atoms. The van der Waals surface area contributed by atoms with Gasteiger partial charge in [0.25, 0.3) is 11.6 Å². The zero-order valence-corrected chi connectivity index (χ0v) is 16.9. The second-order valence-corrected chi connectivity index (χ2v) is 5.89. The number of benzene rings is 1. The maximum absolute atomic E-state index is 12.6. The van der Waals surface area contributed by atoms with Crippen molar-refractivity contribution in [1.29, 1.82) is 0 Å². The largest absolute Gasteiger partial charge is 1.00 e. The number of hydrogen-bond donors (Lipinski definition) is 2. The topological polar surface area (TPSA) is 128 Å². The molecule has 9 nitrogen and oxygen atoms in total. The van der Waals surface area contributed by atoms with Crippen LogP contribution in [0, 0.1) is 0 Å². The van der Waals surface area contributed by atoms with Gasteiger partial charge >= 0.3 is 29.6 Å². The molecule has 2 heterocycles. The number of methoxy groups -OCH3 is 1. The first kappa shape index (κ1) is 21.5. The third-order valence-electron chi connectivity index (χ3n) is 4.35. The van der Waals surface area contributed by atoms with Crippen LogP contribution in [0.25, 0.3) is 0 Å². The molecule has 0 radical (unpaired) electrons. The predicted octanol–water partition coefficient (Wildman–Crippen LogP) is -5.11. The second kappa shape index (κ2) is 8.51. The van der Waals surface area contributed by atoms with Crippen molar-refractivity contribution in [3.05, 3.63) is 47.2 Å². The molecule has 27 heavy (non-hydrogen) atoms. The van der Waals surface area contributed by atoms with Crippen molar-refractivity contribution < 1.29 is 63.6 Å². The number of nitrogens with one attached hydrogen (secondary N) is 1. The van der Waals surface area contributed by atoms with Gasteiger partial charge in [0.2, 0.25) is 5.91 Å². The van der Waals surface area contributed by atoms with Gasteiger partial charge in [0.05, 0.1) is 31.3 Å². The van der Waals surface area contributed by atoms with E-state index in [1.807, 2.05) is 6.07 Å². The molecule has 1 fully saturated rings. The number of aliphatic hydroxyl groups is 1. The minimum Gasteiger partial charge on any atom is -0.543 e. The van der Waals surface area contributed by atoms with E-state index in [4.69, 9.17) is 9.47 Å². The van der Waals surface area contributed by atoms with E-state index >= 15 is 0 Å². The Bertz CT molecular complexity index is 783. The van der Waals surface area contributed by atoms with E-state index in [9.17, 15) is 24.6 Å². The third kappa shape index (κ3) is 3.66. The van der Waals surface area contributed by atoms with E-state index in [2.05, 4.69) is 5.32 Å². The number of carboxylic acids is 1. The Labute approximate surface area is 177 Å². The molecule has 1 aromatic rings. The monoisotopic (exact) mass is 384 g/mol. The molecule has 2 amide bonds. The average Bonchev–Trinajstić information content (AvgIpc) is 2.65. The van der Waals surface area contributed by atoms with Crippen LogP contribution in [0.15, 0.2) is 41.6 Å². The normalized spacial score (nSPS) is 23.9. The minimum atomic E-state index is -1.83. The van der Waals surface area contributed by atoms with Crippen LogP contribution in [0.1, 0.15) is 5.56 Å². The number of amides is 2. The summed E-state index contributed by atoms with van der Waals surface area (Å²) in [5.41, 5.74) is -1.54. The number of fused-ring (bicyclic) bond motifs is 1. The summed E-state index contributed by atoms with van der Waals surface area (Å²) < 4.78 is 10.7. The molecule has 0 aromatic heterocycles. The van der Waals surface area contributed by atoms with Crippen LogP contribution in [-0.4, -0.2) is 60.1 Å². The van der Waals surface area contributed by atoms with Crippen molar-refractivity contribution in [1.82, 2.24) is 10.2 Å². The molecule has 0 aliphatic carbocycles. The Hall–Kier alpha value is -1.75. The number of carbonyl (C=O) groups is 3. The molecule has 2 atom stereocenters. The number of aliphatic hydroxyl groups excluding tert-OH is 1. The third-order valence-corrected chi connectivity index (χ3v) is 4.35. The number of nitrogens with zero attached hydrogens (tertiary/aromatic N) is 1. The number of hydrogen-bond acceptors (Lipinski definition) is 7. The van der Waals surface area contributed by atoms with E-state index in [-0.39, 0.29) is 48.2 Å². The van der Waals surface area contributed by atoms with Crippen molar-refractivity contribution in [3.63, 3.8) is 0 Å². The standard InChI is InChI=1S/C17H18N2O7.Na/c1-25-17(18-12(21)7-10-5-3-2-4-6-10)15(24)19-13(14(22)23)11(8-20)9-26-16(17)19;/h2-6,16,20H,7-9H2,1H3,(H,18,21)(H,22,23);/q;+1/p-1/t16-,17+;/m1./s1. The predicted molar refractivity (Wildman–Crippen MR) is 83.7 cm³/mol. The number of carbonyl (C=O) groups excluding carboxylic acids is 3. The van der Waals surface area contributed by atoms with E-state index in [1.54, 1.807) is 24.3 Å². The van der Waals surface area contributed by atoms with Gasteiger partial charge in [-0.05, 0) is 5.56 Å². The van der Waals surface area contributed by atoms with Gasteiger partial charge in [0, 0.05) is 12.7 Å². The van der Waals surface area contributed by atoms with Crippen LogP contribution in [0.2, 0.25) is 0 Å². The molecule has 2 aliphatic rings. The van der Waals surface area contributed by atoms with Crippen molar-refractivity contribution >= 4 is 17.8 Å². The van der Waals surface area contributed by atoms with Gasteiger partial charge in [-0.1, -0.05) is 30.3 Å². The van der Waals surface area contributed by atoms with E-state index in [1.165, 1.54) is 7.11 Å². The van der Waals surface area contributed by atoms with Gasteiger partial charge in [0.15, 0.2) is 6.23 Å². The summed E-state index contributed by atoms with van der Waals surface area (Å²) in [6.07, 6.45) is -1.15. The smallest absolute Gasteiger partial charge is 0.543 e. The van der Waals surface area contributed by atoms with Crippen molar-refractivity contribution in [2.24, 2.45) is 0 Å². The van der Waals surface area contributed by atoms with Gasteiger partial charge in [-0.2, -0.15) is 0 Å². The fraction of sp³-hybridized carbons (Fsp3) is 0.353.